The second-order valence-electron chi connectivity index (χ2n) is 3.64. The molecule has 0 aliphatic carbocycles. The lowest BCUT2D eigenvalue weighted by Gasteiger charge is -2.14. The number of nitrogens with zero attached hydrogens (tertiary/aromatic N) is 1. The van der Waals surface area contributed by atoms with Crippen LogP contribution in [0.15, 0.2) is 24.3 Å². The first-order chi connectivity index (χ1) is 6.65. The van der Waals surface area contributed by atoms with Crippen LogP contribution < -0.4 is 0 Å². The molecule has 1 aromatic rings. The summed E-state index contributed by atoms with van der Waals surface area (Å²) in [5.41, 5.74) is 2.00. The number of nitriles is 1. The summed E-state index contributed by atoms with van der Waals surface area (Å²) in [4.78, 5) is 0. The third-order valence-corrected chi connectivity index (χ3v) is 2.34. The molecule has 1 aromatic carbocycles. The Morgan fingerprint density at radius 1 is 1.43 bits per heavy atom. The van der Waals surface area contributed by atoms with Gasteiger partial charge in [-0.15, -0.1) is 0 Å². The van der Waals surface area contributed by atoms with E-state index in [0.717, 1.165) is 11.1 Å². The Morgan fingerprint density at radius 3 is 2.64 bits per heavy atom. The van der Waals surface area contributed by atoms with E-state index >= 15 is 0 Å². The molecule has 1 rings (SSSR count). The van der Waals surface area contributed by atoms with Crippen molar-refractivity contribution in [3.05, 3.63) is 35.4 Å². The molecule has 14 heavy (non-hydrogen) atoms. The minimum Gasteiger partial charge on any atom is -0.388 e. The van der Waals surface area contributed by atoms with Gasteiger partial charge in [-0.2, -0.15) is 5.26 Å². The number of hydrogen-bond donors (Lipinski definition) is 1. The number of rotatable bonds is 3. The summed E-state index contributed by atoms with van der Waals surface area (Å²) >= 11 is 0. The zero-order valence-corrected chi connectivity index (χ0v) is 8.57. The van der Waals surface area contributed by atoms with Crippen LogP contribution in [0.1, 0.15) is 30.6 Å². The maximum atomic E-state index is 9.85. The monoisotopic (exact) mass is 189 g/mol. The molecule has 0 saturated heterocycles. The van der Waals surface area contributed by atoms with Crippen molar-refractivity contribution in [3.63, 3.8) is 0 Å². The SMILES string of the molecule is Cc1ccccc1C(O)CC(C)C#N. The summed E-state index contributed by atoms with van der Waals surface area (Å²) in [6.45, 7) is 3.79. The van der Waals surface area contributed by atoms with E-state index in [0.29, 0.717) is 6.42 Å². The number of benzene rings is 1. The lowest BCUT2D eigenvalue weighted by atomic mass is 9.96. The summed E-state index contributed by atoms with van der Waals surface area (Å²) in [5.74, 6) is -0.107. The van der Waals surface area contributed by atoms with E-state index in [1.165, 1.54) is 0 Å². The van der Waals surface area contributed by atoms with E-state index in [4.69, 9.17) is 5.26 Å². The second-order valence-corrected chi connectivity index (χ2v) is 3.64. The van der Waals surface area contributed by atoms with Crippen molar-refractivity contribution >= 4 is 0 Å². The Bertz CT molecular complexity index is 340. The highest BCUT2D eigenvalue weighted by molar-refractivity contribution is 5.27. The molecule has 0 fully saturated rings. The van der Waals surface area contributed by atoms with E-state index in [1.54, 1.807) is 0 Å². The zero-order valence-electron chi connectivity index (χ0n) is 8.57. The average Bonchev–Trinajstić information content (AvgIpc) is 2.18. The number of aliphatic hydroxyl groups excluding tert-OH is 1. The molecule has 0 radical (unpaired) electrons. The Kier molecular flexibility index (Phi) is 3.67. The van der Waals surface area contributed by atoms with Gasteiger partial charge >= 0.3 is 0 Å². The molecule has 0 spiro atoms. The van der Waals surface area contributed by atoms with E-state index < -0.39 is 6.10 Å². The molecule has 1 N–H and O–H groups in total. The predicted octanol–water partition coefficient (Wildman–Crippen LogP) is 2.58. The first-order valence-corrected chi connectivity index (χ1v) is 4.78. The van der Waals surface area contributed by atoms with Crippen LogP contribution >= 0.6 is 0 Å². The average molecular weight is 189 g/mol. The van der Waals surface area contributed by atoms with Crippen LogP contribution in [0.2, 0.25) is 0 Å². The van der Waals surface area contributed by atoms with Crippen LogP contribution in [0.25, 0.3) is 0 Å². The molecular formula is C12H15NO. The molecule has 0 heterocycles. The summed E-state index contributed by atoms with van der Waals surface area (Å²) in [6, 6.07) is 9.85. The normalized spacial score (nSPS) is 14.4. The molecule has 2 nitrogen and oxygen atoms in total. The van der Waals surface area contributed by atoms with Gasteiger partial charge in [-0.25, -0.2) is 0 Å². The van der Waals surface area contributed by atoms with E-state index in [9.17, 15) is 5.11 Å². The molecule has 2 atom stereocenters. The maximum Gasteiger partial charge on any atom is 0.0805 e. The highest BCUT2D eigenvalue weighted by Crippen LogP contribution is 2.23. The fraction of sp³-hybridized carbons (Fsp3) is 0.417. The van der Waals surface area contributed by atoms with Crippen molar-refractivity contribution in [2.45, 2.75) is 26.4 Å². The van der Waals surface area contributed by atoms with Gasteiger partial charge in [0.25, 0.3) is 0 Å². The van der Waals surface area contributed by atoms with Gasteiger partial charge in [-0.05, 0) is 31.4 Å². The molecule has 0 aliphatic heterocycles. The van der Waals surface area contributed by atoms with Crippen molar-refractivity contribution in [3.8, 4) is 6.07 Å². The summed E-state index contributed by atoms with van der Waals surface area (Å²) in [5, 5.41) is 18.5. The molecule has 0 aliphatic rings. The van der Waals surface area contributed by atoms with Crippen molar-refractivity contribution < 1.29 is 5.11 Å². The second kappa shape index (κ2) is 4.78. The molecule has 74 valence electrons. The van der Waals surface area contributed by atoms with Gasteiger partial charge in [-0.3, -0.25) is 0 Å². The standard InChI is InChI=1S/C12H15NO/c1-9(8-13)7-12(14)11-6-4-3-5-10(11)2/h3-6,9,12,14H,7H2,1-2H3. The molecule has 0 saturated carbocycles. The van der Waals surface area contributed by atoms with Crippen LogP contribution in [0, 0.1) is 24.2 Å². The third kappa shape index (κ3) is 2.58. The Labute approximate surface area is 84.8 Å². The van der Waals surface area contributed by atoms with Gasteiger partial charge in [0.15, 0.2) is 0 Å². The van der Waals surface area contributed by atoms with Crippen molar-refractivity contribution in [1.82, 2.24) is 0 Å². The number of aliphatic hydroxyl groups is 1. The molecule has 0 aromatic heterocycles. The van der Waals surface area contributed by atoms with Crippen molar-refractivity contribution in [2.75, 3.05) is 0 Å². The van der Waals surface area contributed by atoms with Crippen LogP contribution in [-0.2, 0) is 0 Å². The molecule has 0 bridgehead atoms. The number of hydrogen-bond acceptors (Lipinski definition) is 2. The lowest BCUT2D eigenvalue weighted by molar-refractivity contribution is 0.156. The first-order valence-electron chi connectivity index (χ1n) is 4.78. The molecule has 0 amide bonds. The molecule has 2 unspecified atom stereocenters. The van der Waals surface area contributed by atoms with Gasteiger partial charge in [-0.1, -0.05) is 24.3 Å². The largest absolute Gasteiger partial charge is 0.388 e. The van der Waals surface area contributed by atoms with Gasteiger partial charge < -0.3 is 5.11 Å². The van der Waals surface area contributed by atoms with E-state index in [-0.39, 0.29) is 5.92 Å². The quantitative estimate of drug-likeness (QED) is 0.794. The fourth-order valence-corrected chi connectivity index (χ4v) is 1.48. The summed E-state index contributed by atoms with van der Waals surface area (Å²) in [7, 11) is 0. The van der Waals surface area contributed by atoms with Crippen LogP contribution in [0.3, 0.4) is 0 Å². The maximum absolute atomic E-state index is 9.85. The smallest absolute Gasteiger partial charge is 0.0805 e. The minimum atomic E-state index is -0.522. The van der Waals surface area contributed by atoms with Crippen molar-refractivity contribution in [2.24, 2.45) is 5.92 Å². The Hall–Kier alpha value is -1.33. The highest BCUT2D eigenvalue weighted by Gasteiger charge is 2.13. The predicted molar refractivity (Wildman–Crippen MR) is 55.5 cm³/mol. The molecular weight excluding hydrogens is 174 g/mol. The van der Waals surface area contributed by atoms with Crippen LogP contribution in [0.4, 0.5) is 0 Å². The van der Waals surface area contributed by atoms with Crippen molar-refractivity contribution in [1.29, 1.82) is 5.26 Å². The first kappa shape index (κ1) is 10.7. The van der Waals surface area contributed by atoms with Crippen LogP contribution in [0.5, 0.6) is 0 Å². The zero-order chi connectivity index (χ0) is 10.6. The van der Waals surface area contributed by atoms with E-state index in [1.807, 2.05) is 38.1 Å². The lowest BCUT2D eigenvalue weighted by Crippen LogP contribution is -2.04. The van der Waals surface area contributed by atoms with Gasteiger partial charge in [0.1, 0.15) is 0 Å². The summed E-state index contributed by atoms with van der Waals surface area (Å²) < 4.78 is 0. The third-order valence-electron chi connectivity index (χ3n) is 2.34. The highest BCUT2D eigenvalue weighted by atomic mass is 16.3. The molecule has 2 heteroatoms. The van der Waals surface area contributed by atoms with Gasteiger partial charge in [0, 0.05) is 5.92 Å². The Balaban J connectivity index is 2.75. The van der Waals surface area contributed by atoms with E-state index in [2.05, 4.69) is 6.07 Å². The van der Waals surface area contributed by atoms with Gasteiger partial charge in [0.2, 0.25) is 0 Å². The minimum absolute atomic E-state index is 0.107. The summed E-state index contributed by atoms with van der Waals surface area (Å²) in [6.07, 6.45) is -0.0210. The van der Waals surface area contributed by atoms with Crippen LogP contribution in [-0.4, -0.2) is 5.11 Å². The number of aryl methyl sites for hydroxylation is 1. The van der Waals surface area contributed by atoms with Gasteiger partial charge in [0.05, 0.1) is 12.2 Å². The Morgan fingerprint density at radius 2 is 2.07 bits per heavy atom. The fourth-order valence-electron chi connectivity index (χ4n) is 1.48. The topological polar surface area (TPSA) is 44.0 Å².